The number of anilines is 2. The minimum atomic E-state index is -0.354. The van der Waals surface area contributed by atoms with Crippen LogP contribution >= 0.6 is 11.8 Å². The molecule has 2 aromatic heterocycles. The molecule has 0 spiro atoms. The van der Waals surface area contributed by atoms with Gasteiger partial charge in [-0.3, -0.25) is 24.2 Å². The van der Waals surface area contributed by atoms with Crippen molar-refractivity contribution in [2.24, 2.45) is 12.0 Å². The van der Waals surface area contributed by atoms with Gasteiger partial charge in [0, 0.05) is 74.2 Å². The van der Waals surface area contributed by atoms with Crippen molar-refractivity contribution in [3.05, 3.63) is 65.7 Å². The van der Waals surface area contributed by atoms with Gasteiger partial charge in [0.15, 0.2) is 17.3 Å². The molecule has 1 atom stereocenters. The number of ether oxygens (including phenoxy) is 2. The second-order valence-electron chi connectivity index (χ2n) is 12.5. The van der Waals surface area contributed by atoms with Crippen molar-refractivity contribution in [2.45, 2.75) is 31.7 Å². The molecule has 4 amide bonds. The van der Waals surface area contributed by atoms with Gasteiger partial charge in [-0.2, -0.15) is 11.8 Å². The Hall–Kier alpha value is -5.24. The second-order valence-corrected chi connectivity index (χ2v) is 13.7. The van der Waals surface area contributed by atoms with Gasteiger partial charge in [-0.15, -0.1) is 0 Å². The molecule has 5 heterocycles. The minimum absolute atomic E-state index is 0.00724. The lowest BCUT2D eigenvalue weighted by molar-refractivity contribution is -0.116. The molecule has 3 aliphatic heterocycles. The van der Waals surface area contributed by atoms with Crippen molar-refractivity contribution in [2.75, 3.05) is 55.5 Å². The summed E-state index contributed by atoms with van der Waals surface area (Å²) >= 11 is 1.83. The summed E-state index contributed by atoms with van der Waals surface area (Å²) in [6.45, 7) is 2.34. The molecule has 14 heteroatoms. The van der Waals surface area contributed by atoms with Gasteiger partial charge in [0.25, 0.3) is 17.7 Å². The zero-order chi connectivity index (χ0) is 34.8. The molecule has 2 aromatic carbocycles. The number of furan rings is 1. The van der Waals surface area contributed by atoms with E-state index in [1.165, 1.54) is 7.11 Å². The maximum atomic E-state index is 13.2. The van der Waals surface area contributed by atoms with Gasteiger partial charge in [0.05, 0.1) is 36.7 Å². The summed E-state index contributed by atoms with van der Waals surface area (Å²) in [5.74, 6) is 2.22. The van der Waals surface area contributed by atoms with Crippen LogP contribution in [0.1, 0.15) is 57.1 Å². The van der Waals surface area contributed by atoms with Crippen LogP contribution in [0.3, 0.4) is 0 Å². The Labute approximate surface area is 293 Å². The van der Waals surface area contributed by atoms with Gasteiger partial charge in [0.1, 0.15) is 11.3 Å². The number of benzene rings is 2. The lowest BCUT2D eigenvalue weighted by Gasteiger charge is -2.25. The van der Waals surface area contributed by atoms with E-state index in [0.29, 0.717) is 76.8 Å². The molecule has 260 valence electrons. The third-order valence-corrected chi connectivity index (χ3v) is 10.0. The molecule has 0 saturated carbocycles. The maximum absolute atomic E-state index is 13.2. The zero-order valence-corrected chi connectivity index (χ0v) is 28.7. The standard InChI is InChI=1S/C36H38N6O7S/c1-40-21-24(17-28(40)34(44)39-23-7-8-29-22(15-23)16-32(49-29)36(46)41-10-13-50-14-11-41)38-33(43)6-4-12-48-31-19-27-26(18-30(31)47-2)35(45)42-9-3-5-25(42)20-37-27/h7-8,15-21,25H,3-6,9-14H2,1-2H3,(H,38,43)(H,39,44)/t25-/m0/s1. The van der Waals surface area contributed by atoms with Crippen LogP contribution in [0.15, 0.2) is 58.1 Å². The number of hydrogen-bond donors (Lipinski definition) is 2. The first-order chi connectivity index (χ1) is 24.3. The molecule has 13 nitrogen and oxygen atoms in total. The van der Waals surface area contributed by atoms with E-state index in [-0.39, 0.29) is 48.5 Å². The quantitative estimate of drug-likeness (QED) is 0.211. The highest BCUT2D eigenvalue weighted by Gasteiger charge is 2.32. The van der Waals surface area contributed by atoms with E-state index in [2.05, 4.69) is 15.6 Å². The Kier molecular flexibility index (Phi) is 9.52. The fourth-order valence-corrected chi connectivity index (χ4v) is 7.36. The summed E-state index contributed by atoms with van der Waals surface area (Å²) in [5.41, 5.74) is 2.98. The number of amides is 4. The van der Waals surface area contributed by atoms with Crippen LogP contribution in [-0.2, 0) is 11.8 Å². The number of hydrogen-bond acceptors (Lipinski definition) is 9. The summed E-state index contributed by atoms with van der Waals surface area (Å²) in [4.78, 5) is 60.1. The first-order valence-corrected chi connectivity index (χ1v) is 17.8. The largest absolute Gasteiger partial charge is 0.493 e. The number of carbonyl (C=O) groups excluding carboxylic acids is 4. The number of rotatable bonds is 10. The van der Waals surface area contributed by atoms with Gasteiger partial charge in [-0.25, -0.2) is 0 Å². The Balaban J connectivity index is 0.917. The van der Waals surface area contributed by atoms with Crippen molar-refractivity contribution in [3.63, 3.8) is 0 Å². The van der Waals surface area contributed by atoms with Crippen molar-refractivity contribution in [3.8, 4) is 11.5 Å². The van der Waals surface area contributed by atoms with E-state index in [0.717, 1.165) is 24.3 Å². The Morgan fingerprint density at radius 3 is 2.68 bits per heavy atom. The predicted molar refractivity (Wildman–Crippen MR) is 191 cm³/mol. The third kappa shape index (κ3) is 6.93. The summed E-state index contributed by atoms with van der Waals surface area (Å²) in [6, 6.07) is 11.9. The predicted octanol–water partition coefficient (Wildman–Crippen LogP) is 5.34. The minimum Gasteiger partial charge on any atom is -0.493 e. The van der Waals surface area contributed by atoms with E-state index < -0.39 is 0 Å². The van der Waals surface area contributed by atoms with Crippen LogP contribution in [-0.4, -0.2) is 95.1 Å². The third-order valence-electron chi connectivity index (χ3n) is 9.07. The summed E-state index contributed by atoms with van der Waals surface area (Å²) in [7, 11) is 3.25. The van der Waals surface area contributed by atoms with Crippen molar-refractivity contribution < 1.29 is 33.1 Å². The smallest absolute Gasteiger partial charge is 0.289 e. The van der Waals surface area contributed by atoms with Crippen LogP contribution in [0.4, 0.5) is 17.1 Å². The fraction of sp³-hybridized carbons (Fsp3) is 0.361. The molecule has 2 N–H and O–H groups in total. The van der Waals surface area contributed by atoms with Crippen LogP contribution in [0.2, 0.25) is 0 Å². The molecule has 3 aliphatic rings. The molecule has 4 aromatic rings. The summed E-state index contributed by atoms with van der Waals surface area (Å²) < 4.78 is 18.9. The molecule has 0 aliphatic carbocycles. The SMILES string of the molecule is COc1cc2c(cc1OCCCC(=O)Nc1cc(C(=O)Nc3ccc4oc(C(=O)N5CCSCC5)cc4c3)n(C)c1)N=C[C@@H]1CCCN1C2=O. The number of aromatic nitrogens is 1. The number of fused-ring (bicyclic) bond motifs is 3. The van der Waals surface area contributed by atoms with Gasteiger partial charge in [-0.05, 0) is 55.7 Å². The number of aliphatic imine (C=N–C) groups is 1. The van der Waals surface area contributed by atoms with Gasteiger partial charge < -0.3 is 38.9 Å². The topological polar surface area (TPSA) is 148 Å². The molecule has 0 radical (unpaired) electrons. The summed E-state index contributed by atoms with van der Waals surface area (Å²) in [6.07, 6.45) is 5.96. The molecule has 2 saturated heterocycles. The summed E-state index contributed by atoms with van der Waals surface area (Å²) in [5, 5.41) is 6.46. The number of nitrogens with one attached hydrogen (secondary N) is 2. The normalized spacial score (nSPS) is 16.9. The van der Waals surface area contributed by atoms with Crippen LogP contribution in [0.5, 0.6) is 11.5 Å². The number of thioether (sulfide) groups is 1. The molecular weight excluding hydrogens is 660 g/mol. The number of aryl methyl sites for hydroxylation is 1. The average Bonchev–Trinajstić information content (AvgIpc) is 3.85. The average molecular weight is 699 g/mol. The number of nitrogens with zero attached hydrogens (tertiary/aromatic N) is 4. The highest BCUT2D eigenvalue weighted by atomic mass is 32.2. The van der Waals surface area contributed by atoms with Crippen LogP contribution in [0, 0.1) is 0 Å². The zero-order valence-electron chi connectivity index (χ0n) is 27.9. The Morgan fingerprint density at radius 1 is 1.02 bits per heavy atom. The second kappa shape index (κ2) is 14.3. The van der Waals surface area contributed by atoms with E-state index >= 15 is 0 Å². The molecule has 2 fully saturated rings. The van der Waals surface area contributed by atoms with Crippen molar-refractivity contribution in [1.29, 1.82) is 0 Å². The van der Waals surface area contributed by atoms with E-state index in [9.17, 15) is 19.2 Å². The number of methoxy groups -OCH3 is 1. The number of carbonyl (C=O) groups is 4. The van der Waals surface area contributed by atoms with E-state index in [1.54, 1.807) is 65.2 Å². The van der Waals surface area contributed by atoms with Gasteiger partial charge in [0.2, 0.25) is 5.91 Å². The van der Waals surface area contributed by atoms with Gasteiger partial charge >= 0.3 is 0 Å². The molecule has 50 heavy (non-hydrogen) atoms. The first-order valence-electron chi connectivity index (χ1n) is 16.7. The van der Waals surface area contributed by atoms with Crippen molar-refractivity contribution in [1.82, 2.24) is 14.4 Å². The molecular formula is C36H38N6O7S. The fourth-order valence-electron chi connectivity index (χ4n) is 6.46. The van der Waals surface area contributed by atoms with Crippen LogP contribution < -0.4 is 20.1 Å². The van der Waals surface area contributed by atoms with Crippen LogP contribution in [0.25, 0.3) is 11.0 Å². The highest BCUT2D eigenvalue weighted by Crippen LogP contribution is 2.38. The molecule has 0 bridgehead atoms. The van der Waals surface area contributed by atoms with Gasteiger partial charge in [-0.1, -0.05) is 0 Å². The lowest BCUT2D eigenvalue weighted by atomic mass is 10.1. The maximum Gasteiger partial charge on any atom is 0.289 e. The molecule has 0 unspecified atom stereocenters. The van der Waals surface area contributed by atoms with E-state index in [1.807, 2.05) is 22.9 Å². The van der Waals surface area contributed by atoms with E-state index in [4.69, 9.17) is 13.9 Å². The lowest BCUT2D eigenvalue weighted by Crippen LogP contribution is -2.37. The van der Waals surface area contributed by atoms with Crippen molar-refractivity contribution >= 4 is 69.6 Å². The Bertz CT molecular complexity index is 2000. The Morgan fingerprint density at radius 2 is 1.86 bits per heavy atom. The first kappa shape index (κ1) is 33.3. The monoisotopic (exact) mass is 698 g/mol. The molecule has 7 rings (SSSR count). The highest BCUT2D eigenvalue weighted by molar-refractivity contribution is 7.99.